The monoisotopic (exact) mass is 351 g/mol. The number of ether oxygens (including phenoxy) is 1. The maximum Gasteiger partial charge on any atom is 0.128 e. The van der Waals surface area contributed by atoms with Gasteiger partial charge in [-0.3, -0.25) is 0 Å². The Morgan fingerprint density at radius 2 is 1.72 bits per heavy atom. The van der Waals surface area contributed by atoms with Crippen molar-refractivity contribution in [2.45, 2.75) is 79.7 Å². The second-order valence-corrected chi connectivity index (χ2v) is 6.28. The molecule has 144 valence electrons. The molecule has 0 spiro atoms. The van der Waals surface area contributed by atoms with E-state index in [2.05, 4.69) is 32.7 Å². The maximum absolute atomic E-state index is 14.0. The Hall–Kier alpha value is -1.51. The van der Waals surface area contributed by atoms with E-state index < -0.39 is 0 Å². The average Bonchev–Trinajstić information content (AvgIpc) is 2.62. The molecule has 0 aliphatic rings. The van der Waals surface area contributed by atoms with Gasteiger partial charge in [-0.2, -0.15) is 0 Å². The van der Waals surface area contributed by atoms with Crippen LogP contribution in [0.2, 0.25) is 0 Å². The lowest BCUT2D eigenvalue weighted by atomic mass is 9.88. The standard InChI is InChI=1S/C20H32FNO.C2H6/c1-7-10-16(11-8-2)19(9-3)22-15(5)17-13-18(21)14(4)12-20(17)23-6;1-2/h12-13,16,19,22H,5,7-11H2,1-4,6H3;1-2H3. The molecule has 0 aliphatic heterocycles. The summed E-state index contributed by atoms with van der Waals surface area (Å²) in [4.78, 5) is 0. The fourth-order valence-corrected chi connectivity index (χ4v) is 3.20. The van der Waals surface area contributed by atoms with Crippen LogP contribution in [0.25, 0.3) is 5.70 Å². The fourth-order valence-electron chi connectivity index (χ4n) is 3.20. The number of hydrogen-bond acceptors (Lipinski definition) is 2. The number of aryl methyl sites for hydroxylation is 1. The Balaban J connectivity index is 0.00000277. The summed E-state index contributed by atoms with van der Waals surface area (Å²) in [7, 11) is 1.61. The van der Waals surface area contributed by atoms with Crippen molar-refractivity contribution in [3.05, 3.63) is 35.7 Å². The molecule has 0 amide bonds. The number of methoxy groups -OCH3 is 1. The first-order valence-corrected chi connectivity index (χ1v) is 9.78. The second-order valence-electron chi connectivity index (χ2n) is 6.28. The highest BCUT2D eigenvalue weighted by atomic mass is 19.1. The van der Waals surface area contributed by atoms with Crippen molar-refractivity contribution in [3.63, 3.8) is 0 Å². The molecule has 1 atom stereocenters. The van der Waals surface area contributed by atoms with Crippen LogP contribution >= 0.6 is 0 Å². The molecule has 0 saturated heterocycles. The minimum absolute atomic E-state index is 0.226. The highest BCUT2D eigenvalue weighted by Gasteiger charge is 2.20. The van der Waals surface area contributed by atoms with Crippen LogP contribution in [0.15, 0.2) is 18.7 Å². The van der Waals surface area contributed by atoms with E-state index in [9.17, 15) is 4.39 Å². The highest BCUT2D eigenvalue weighted by Crippen LogP contribution is 2.29. The van der Waals surface area contributed by atoms with Crippen molar-refractivity contribution >= 4 is 5.70 Å². The van der Waals surface area contributed by atoms with Crippen LogP contribution in [-0.4, -0.2) is 13.2 Å². The smallest absolute Gasteiger partial charge is 0.128 e. The summed E-state index contributed by atoms with van der Waals surface area (Å²) in [6.45, 7) is 16.5. The normalized spacial score (nSPS) is 11.6. The van der Waals surface area contributed by atoms with Gasteiger partial charge in [0.25, 0.3) is 0 Å². The Labute approximate surface area is 154 Å². The Bertz CT molecular complexity index is 507. The number of rotatable bonds is 10. The molecule has 1 N–H and O–H groups in total. The lowest BCUT2D eigenvalue weighted by Gasteiger charge is -2.29. The third-order valence-electron chi connectivity index (χ3n) is 4.49. The molecule has 0 fully saturated rings. The zero-order chi connectivity index (χ0) is 19.4. The van der Waals surface area contributed by atoms with E-state index in [1.165, 1.54) is 31.7 Å². The lowest BCUT2D eigenvalue weighted by molar-refractivity contribution is 0.328. The third-order valence-corrected chi connectivity index (χ3v) is 4.49. The van der Waals surface area contributed by atoms with Crippen molar-refractivity contribution in [1.29, 1.82) is 0 Å². The van der Waals surface area contributed by atoms with Gasteiger partial charge in [-0.25, -0.2) is 4.39 Å². The van der Waals surface area contributed by atoms with E-state index in [0.29, 0.717) is 28.8 Å². The van der Waals surface area contributed by atoms with Crippen molar-refractivity contribution in [2.75, 3.05) is 7.11 Å². The predicted molar refractivity (Wildman–Crippen MR) is 109 cm³/mol. The molecule has 0 heterocycles. The lowest BCUT2D eigenvalue weighted by Crippen LogP contribution is -2.34. The van der Waals surface area contributed by atoms with Gasteiger partial charge < -0.3 is 10.1 Å². The van der Waals surface area contributed by atoms with Crippen LogP contribution in [0.3, 0.4) is 0 Å². The SMILES string of the molecule is C=C(NC(CC)C(CCC)CCC)c1cc(F)c(C)cc1OC.CC. The molecule has 1 rings (SSSR count). The quantitative estimate of drug-likeness (QED) is 0.505. The molecule has 0 aliphatic carbocycles. The zero-order valence-corrected chi connectivity index (χ0v) is 17.3. The minimum atomic E-state index is -0.226. The van der Waals surface area contributed by atoms with E-state index in [-0.39, 0.29) is 5.82 Å². The van der Waals surface area contributed by atoms with Crippen LogP contribution in [0.4, 0.5) is 4.39 Å². The van der Waals surface area contributed by atoms with Gasteiger partial charge >= 0.3 is 0 Å². The highest BCUT2D eigenvalue weighted by molar-refractivity contribution is 5.68. The van der Waals surface area contributed by atoms with Crippen molar-refractivity contribution < 1.29 is 9.13 Å². The summed E-state index contributed by atoms with van der Waals surface area (Å²) < 4.78 is 19.4. The molecule has 0 radical (unpaired) electrons. The molecule has 0 aromatic heterocycles. The largest absolute Gasteiger partial charge is 0.496 e. The third kappa shape index (κ3) is 7.09. The van der Waals surface area contributed by atoms with Gasteiger partial charge in [-0.05, 0) is 49.8 Å². The number of nitrogens with one attached hydrogen (secondary N) is 1. The van der Waals surface area contributed by atoms with E-state index >= 15 is 0 Å². The zero-order valence-electron chi connectivity index (χ0n) is 17.3. The number of halogens is 1. The molecule has 2 nitrogen and oxygen atoms in total. The first kappa shape index (κ1) is 23.5. The van der Waals surface area contributed by atoms with Gasteiger partial charge in [0.05, 0.1) is 7.11 Å². The van der Waals surface area contributed by atoms with Crippen molar-refractivity contribution in [2.24, 2.45) is 5.92 Å². The van der Waals surface area contributed by atoms with Gasteiger partial charge in [0.15, 0.2) is 0 Å². The summed E-state index contributed by atoms with van der Waals surface area (Å²) >= 11 is 0. The first-order valence-electron chi connectivity index (χ1n) is 9.78. The summed E-state index contributed by atoms with van der Waals surface area (Å²) in [5.74, 6) is 1.06. The number of benzene rings is 1. The van der Waals surface area contributed by atoms with Crippen LogP contribution in [0, 0.1) is 18.7 Å². The van der Waals surface area contributed by atoms with Crippen LogP contribution in [0.1, 0.15) is 77.8 Å². The van der Waals surface area contributed by atoms with Crippen LogP contribution in [-0.2, 0) is 0 Å². The van der Waals surface area contributed by atoms with Gasteiger partial charge in [0.1, 0.15) is 11.6 Å². The van der Waals surface area contributed by atoms with Gasteiger partial charge in [0.2, 0.25) is 0 Å². The van der Waals surface area contributed by atoms with Crippen LogP contribution < -0.4 is 10.1 Å². The van der Waals surface area contributed by atoms with Gasteiger partial charge in [-0.15, -0.1) is 0 Å². The number of hydrogen-bond donors (Lipinski definition) is 1. The molecule has 1 aromatic rings. The first-order chi connectivity index (χ1) is 12.0. The van der Waals surface area contributed by atoms with Crippen LogP contribution in [0.5, 0.6) is 5.75 Å². The molecule has 1 aromatic carbocycles. The summed E-state index contributed by atoms with van der Waals surface area (Å²) in [5.41, 5.74) is 2.03. The fraction of sp³-hybridized carbons (Fsp3) is 0.636. The summed E-state index contributed by atoms with van der Waals surface area (Å²) in [6.07, 6.45) is 5.79. The van der Waals surface area contributed by atoms with Gasteiger partial charge in [-0.1, -0.05) is 54.0 Å². The Kier molecular flexibility index (Phi) is 12.0. The van der Waals surface area contributed by atoms with E-state index in [4.69, 9.17) is 4.74 Å². The molecule has 25 heavy (non-hydrogen) atoms. The van der Waals surface area contributed by atoms with Crippen molar-refractivity contribution in [3.8, 4) is 5.75 Å². The molecule has 1 unspecified atom stereocenters. The van der Waals surface area contributed by atoms with E-state index in [1.807, 2.05) is 13.8 Å². The maximum atomic E-state index is 14.0. The summed E-state index contributed by atoms with van der Waals surface area (Å²) in [6, 6.07) is 3.61. The minimum Gasteiger partial charge on any atom is -0.496 e. The van der Waals surface area contributed by atoms with Gasteiger partial charge in [0, 0.05) is 17.3 Å². The molecule has 0 bridgehead atoms. The topological polar surface area (TPSA) is 21.3 Å². The average molecular weight is 352 g/mol. The second kappa shape index (κ2) is 12.8. The molecule has 0 saturated carbocycles. The molecular weight excluding hydrogens is 313 g/mol. The predicted octanol–water partition coefficient (Wildman–Crippen LogP) is 6.72. The van der Waals surface area contributed by atoms with E-state index in [0.717, 1.165) is 12.1 Å². The molecule has 3 heteroatoms. The Morgan fingerprint density at radius 1 is 1.16 bits per heavy atom. The molecular formula is C22H38FNO. The van der Waals surface area contributed by atoms with E-state index in [1.54, 1.807) is 20.1 Å². The van der Waals surface area contributed by atoms with Crippen molar-refractivity contribution in [1.82, 2.24) is 5.32 Å². The summed E-state index contributed by atoms with van der Waals surface area (Å²) in [5, 5.41) is 3.53. The Morgan fingerprint density at radius 3 is 2.16 bits per heavy atom.